The Bertz CT molecular complexity index is 455. The molecule has 2 rings (SSSR count). The van der Waals surface area contributed by atoms with Crippen LogP contribution in [0, 0.1) is 5.82 Å². The van der Waals surface area contributed by atoms with Crippen molar-refractivity contribution in [2.75, 3.05) is 11.4 Å². The van der Waals surface area contributed by atoms with Gasteiger partial charge in [0.05, 0.1) is 5.69 Å². The average molecular weight is 265 g/mol. The largest absolute Gasteiger partial charge is 0.478 e. The van der Waals surface area contributed by atoms with Crippen molar-refractivity contribution in [3.8, 4) is 0 Å². The van der Waals surface area contributed by atoms with Gasteiger partial charge in [-0.25, -0.2) is 9.18 Å². The van der Waals surface area contributed by atoms with Gasteiger partial charge in [-0.05, 0) is 31.9 Å². The number of nitrogens with zero attached hydrogens (tertiary/aromatic N) is 1. The van der Waals surface area contributed by atoms with Crippen LogP contribution >= 0.6 is 0 Å². The van der Waals surface area contributed by atoms with Gasteiger partial charge in [-0.1, -0.05) is 25.3 Å². The Labute approximate surface area is 113 Å². The van der Waals surface area contributed by atoms with Crippen LogP contribution in [0.5, 0.6) is 0 Å². The molecule has 0 atom stereocenters. The molecular weight excluding hydrogens is 245 g/mol. The third kappa shape index (κ3) is 2.88. The fourth-order valence-corrected chi connectivity index (χ4v) is 2.98. The van der Waals surface area contributed by atoms with Gasteiger partial charge in [-0.3, -0.25) is 0 Å². The monoisotopic (exact) mass is 265 g/mol. The van der Waals surface area contributed by atoms with E-state index < -0.39 is 11.8 Å². The van der Waals surface area contributed by atoms with Crippen molar-refractivity contribution in [1.29, 1.82) is 0 Å². The zero-order valence-electron chi connectivity index (χ0n) is 11.2. The molecule has 0 heterocycles. The minimum atomic E-state index is -1.19. The molecule has 0 spiro atoms. The van der Waals surface area contributed by atoms with Gasteiger partial charge in [0, 0.05) is 12.6 Å². The Morgan fingerprint density at radius 1 is 1.37 bits per heavy atom. The van der Waals surface area contributed by atoms with E-state index in [4.69, 9.17) is 0 Å². The highest BCUT2D eigenvalue weighted by atomic mass is 19.1. The van der Waals surface area contributed by atoms with Gasteiger partial charge in [-0.2, -0.15) is 0 Å². The number of halogens is 1. The molecule has 1 saturated carbocycles. The number of carboxylic acids is 1. The summed E-state index contributed by atoms with van der Waals surface area (Å²) in [4.78, 5) is 13.3. The Balaban J connectivity index is 2.37. The van der Waals surface area contributed by atoms with E-state index in [9.17, 15) is 14.3 Å². The van der Waals surface area contributed by atoms with Gasteiger partial charge < -0.3 is 10.0 Å². The second-order valence-corrected chi connectivity index (χ2v) is 5.02. The fourth-order valence-electron chi connectivity index (χ4n) is 2.98. The van der Waals surface area contributed by atoms with Gasteiger partial charge >= 0.3 is 5.97 Å². The lowest BCUT2D eigenvalue weighted by Crippen LogP contribution is -2.37. The molecular formula is C15H20FNO2. The summed E-state index contributed by atoms with van der Waals surface area (Å²) in [5.41, 5.74) is 0.317. The molecule has 0 saturated heterocycles. The first-order valence-electron chi connectivity index (χ1n) is 6.93. The lowest BCUT2D eigenvalue weighted by Gasteiger charge is -2.36. The number of hydrogen-bond acceptors (Lipinski definition) is 2. The molecule has 1 aliphatic rings. The summed E-state index contributed by atoms with van der Waals surface area (Å²) in [6, 6.07) is 4.84. The molecule has 0 aromatic heterocycles. The van der Waals surface area contributed by atoms with E-state index >= 15 is 0 Å². The first kappa shape index (κ1) is 13.8. The van der Waals surface area contributed by atoms with E-state index in [2.05, 4.69) is 0 Å². The van der Waals surface area contributed by atoms with Crippen molar-refractivity contribution in [3.05, 3.63) is 29.6 Å². The fraction of sp³-hybridized carbons (Fsp3) is 0.533. The predicted octanol–water partition coefficient (Wildman–Crippen LogP) is 3.68. The topological polar surface area (TPSA) is 40.5 Å². The maximum atomic E-state index is 13.8. The van der Waals surface area contributed by atoms with Crippen molar-refractivity contribution < 1.29 is 14.3 Å². The standard InChI is InChI=1S/C15H20FNO2/c1-2-17(11-7-4-3-5-8-11)13-10-6-9-12(16)14(13)15(18)19/h6,9-11H,2-5,7-8H2,1H3,(H,18,19). The van der Waals surface area contributed by atoms with E-state index in [1.807, 2.05) is 11.8 Å². The molecule has 1 aliphatic carbocycles. The van der Waals surface area contributed by atoms with Gasteiger partial charge in [0.2, 0.25) is 0 Å². The summed E-state index contributed by atoms with van der Waals surface area (Å²) in [5, 5.41) is 9.22. The van der Waals surface area contributed by atoms with Crippen molar-refractivity contribution in [1.82, 2.24) is 0 Å². The quantitative estimate of drug-likeness (QED) is 0.902. The van der Waals surface area contributed by atoms with E-state index in [1.165, 1.54) is 25.3 Å². The number of carbonyl (C=O) groups is 1. The van der Waals surface area contributed by atoms with E-state index in [-0.39, 0.29) is 5.56 Å². The lowest BCUT2D eigenvalue weighted by atomic mass is 9.93. The third-order valence-electron chi connectivity index (χ3n) is 3.87. The molecule has 104 valence electrons. The van der Waals surface area contributed by atoms with E-state index in [0.29, 0.717) is 18.3 Å². The molecule has 4 heteroatoms. The van der Waals surface area contributed by atoms with Crippen LogP contribution in [0.25, 0.3) is 0 Å². The third-order valence-corrected chi connectivity index (χ3v) is 3.87. The molecule has 1 aromatic rings. The summed E-state index contributed by atoms with van der Waals surface area (Å²) >= 11 is 0. The van der Waals surface area contributed by atoms with Crippen molar-refractivity contribution in [2.45, 2.75) is 45.1 Å². The van der Waals surface area contributed by atoms with Crippen LogP contribution in [0.4, 0.5) is 10.1 Å². The first-order valence-corrected chi connectivity index (χ1v) is 6.93. The Kier molecular flexibility index (Phi) is 4.40. The predicted molar refractivity (Wildman–Crippen MR) is 73.3 cm³/mol. The molecule has 0 radical (unpaired) electrons. The lowest BCUT2D eigenvalue weighted by molar-refractivity contribution is 0.0692. The minimum absolute atomic E-state index is 0.199. The maximum absolute atomic E-state index is 13.8. The number of rotatable bonds is 4. The maximum Gasteiger partial charge on any atom is 0.340 e. The van der Waals surface area contributed by atoms with Crippen LogP contribution in [0.3, 0.4) is 0 Å². The zero-order chi connectivity index (χ0) is 13.8. The molecule has 1 fully saturated rings. The molecule has 1 N–H and O–H groups in total. The highest BCUT2D eigenvalue weighted by molar-refractivity contribution is 5.94. The van der Waals surface area contributed by atoms with E-state index in [0.717, 1.165) is 12.8 Å². The Hall–Kier alpha value is -1.58. The van der Waals surface area contributed by atoms with Crippen LogP contribution in [0.2, 0.25) is 0 Å². The second-order valence-electron chi connectivity index (χ2n) is 5.02. The Morgan fingerprint density at radius 3 is 2.63 bits per heavy atom. The molecule has 3 nitrogen and oxygen atoms in total. The number of aromatic carboxylic acids is 1. The second kappa shape index (κ2) is 6.04. The van der Waals surface area contributed by atoms with Crippen LogP contribution in [0.1, 0.15) is 49.4 Å². The molecule has 0 amide bonds. The zero-order valence-corrected chi connectivity index (χ0v) is 11.2. The minimum Gasteiger partial charge on any atom is -0.478 e. The van der Waals surface area contributed by atoms with Gasteiger partial charge in [0.1, 0.15) is 11.4 Å². The normalized spacial score (nSPS) is 16.3. The van der Waals surface area contributed by atoms with Crippen LogP contribution in [-0.4, -0.2) is 23.7 Å². The average Bonchev–Trinajstić information content (AvgIpc) is 2.40. The van der Waals surface area contributed by atoms with Gasteiger partial charge in [-0.15, -0.1) is 0 Å². The van der Waals surface area contributed by atoms with Gasteiger partial charge in [0.25, 0.3) is 0 Å². The summed E-state index contributed by atoms with van der Waals surface area (Å²) < 4.78 is 13.8. The molecule has 0 bridgehead atoms. The van der Waals surface area contributed by atoms with Crippen molar-refractivity contribution in [3.63, 3.8) is 0 Å². The summed E-state index contributed by atoms with van der Waals surface area (Å²) in [6.45, 7) is 2.69. The molecule has 0 aliphatic heterocycles. The smallest absolute Gasteiger partial charge is 0.340 e. The molecule has 0 unspecified atom stereocenters. The number of benzene rings is 1. The molecule has 19 heavy (non-hydrogen) atoms. The summed E-state index contributed by atoms with van der Waals surface area (Å²) in [7, 11) is 0. The van der Waals surface area contributed by atoms with Crippen LogP contribution < -0.4 is 4.90 Å². The van der Waals surface area contributed by atoms with Crippen molar-refractivity contribution >= 4 is 11.7 Å². The number of carboxylic acid groups (broad SMARTS) is 1. The number of hydrogen-bond donors (Lipinski definition) is 1. The number of anilines is 1. The summed E-state index contributed by atoms with van der Waals surface area (Å²) in [6.07, 6.45) is 5.69. The van der Waals surface area contributed by atoms with Crippen LogP contribution in [-0.2, 0) is 0 Å². The highest BCUT2D eigenvalue weighted by Crippen LogP contribution is 2.30. The SMILES string of the molecule is CCN(c1cccc(F)c1C(=O)O)C1CCCCC1. The summed E-state index contributed by atoms with van der Waals surface area (Å²) in [5.74, 6) is -1.85. The van der Waals surface area contributed by atoms with Crippen LogP contribution in [0.15, 0.2) is 18.2 Å². The molecule has 1 aromatic carbocycles. The first-order chi connectivity index (χ1) is 9.15. The van der Waals surface area contributed by atoms with Gasteiger partial charge in [0.15, 0.2) is 0 Å². The highest BCUT2D eigenvalue weighted by Gasteiger charge is 2.25. The Morgan fingerprint density at radius 2 is 2.05 bits per heavy atom. The van der Waals surface area contributed by atoms with Crippen molar-refractivity contribution in [2.24, 2.45) is 0 Å². The van der Waals surface area contributed by atoms with E-state index in [1.54, 1.807) is 12.1 Å².